The standard InChI is InChI=1S/C20H20N2O4/c1-25-19(23)16-12-21-20(24)26-13-17(14-8-4-2-5-9-14)22(21)18(16)15-10-6-3-7-11-15/h2-11,16-18H,12-13H2,1H3/t16-,17+,18+/m1/s1. The highest BCUT2D eigenvalue weighted by atomic mass is 16.6. The molecule has 2 aromatic rings. The molecule has 0 aliphatic carbocycles. The Morgan fingerprint density at radius 2 is 1.65 bits per heavy atom. The Morgan fingerprint density at radius 1 is 1.04 bits per heavy atom. The van der Waals surface area contributed by atoms with E-state index in [9.17, 15) is 9.59 Å². The first-order chi connectivity index (χ1) is 12.7. The van der Waals surface area contributed by atoms with Crippen molar-refractivity contribution in [2.75, 3.05) is 20.3 Å². The van der Waals surface area contributed by atoms with Crippen molar-refractivity contribution in [1.29, 1.82) is 0 Å². The van der Waals surface area contributed by atoms with Crippen LogP contribution in [0.15, 0.2) is 60.7 Å². The molecule has 2 aromatic carbocycles. The Bertz CT molecular complexity index is 796. The first kappa shape index (κ1) is 16.6. The SMILES string of the molecule is COC(=O)[C@@H]1CN2C(=O)OC[C@@H](c3ccccc3)N2[C@H]1c1ccccc1. The zero-order valence-corrected chi connectivity index (χ0v) is 14.4. The van der Waals surface area contributed by atoms with Gasteiger partial charge < -0.3 is 9.47 Å². The summed E-state index contributed by atoms with van der Waals surface area (Å²) in [6, 6.07) is 19.2. The number of rotatable bonds is 3. The van der Waals surface area contributed by atoms with E-state index in [2.05, 4.69) is 0 Å². The van der Waals surface area contributed by atoms with E-state index in [4.69, 9.17) is 9.47 Å². The number of ether oxygens (including phenoxy) is 2. The monoisotopic (exact) mass is 352 g/mol. The van der Waals surface area contributed by atoms with Gasteiger partial charge in [-0.2, -0.15) is 5.01 Å². The average molecular weight is 352 g/mol. The number of carbonyl (C=O) groups is 2. The van der Waals surface area contributed by atoms with E-state index in [1.54, 1.807) is 5.01 Å². The van der Waals surface area contributed by atoms with Gasteiger partial charge in [0.25, 0.3) is 0 Å². The summed E-state index contributed by atoms with van der Waals surface area (Å²) in [4.78, 5) is 24.9. The summed E-state index contributed by atoms with van der Waals surface area (Å²) < 4.78 is 10.4. The second kappa shape index (κ2) is 6.80. The molecular formula is C20H20N2O4. The Kier molecular flexibility index (Phi) is 4.34. The van der Waals surface area contributed by atoms with E-state index >= 15 is 0 Å². The summed E-state index contributed by atoms with van der Waals surface area (Å²) >= 11 is 0. The third kappa shape index (κ3) is 2.72. The largest absolute Gasteiger partial charge is 0.469 e. The van der Waals surface area contributed by atoms with Crippen LogP contribution in [0.2, 0.25) is 0 Å². The predicted octanol–water partition coefficient (Wildman–Crippen LogP) is 2.94. The fourth-order valence-electron chi connectivity index (χ4n) is 3.86. The van der Waals surface area contributed by atoms with Crippen LogP contribution in [0.5, 0.6) is 0 Å². The summed E-state index contributed by atoms with van der Waals surface area (Å²) in [7, 11) is 1.38. The van der Waals surface area contributed by atoms with Gasteiger partial charge in [-0.25, -0.2) is 9.80 Å². The second-order valence-electron chi connectivity index (χ2n) is 6.45. The highest BCUT2D eigenvalue weighted by Crippen LogP contribution is 2.45. The van der Waals surface area contributed by atoms with Crippen LogP contribution < -0.4 is 0 Å². The molecule has 2 aliphatic rings. The summed E-state index contributed by atoms with van der Waals surface area (Å²) in [5.74, 6) is -0.799. The number of carbonyl (C=O) groups excluding carboxylic acids is 2. The smallest absolute Gasteiger partial charge is 0.424 e. The lowest BCUT2D eigenvalue weighted by molar-refractivity contribution is -0.146. The number of benzene rings is 2. The van der Waals surface area contributed by atoms with Crippen molar-refractivity contribution in [1.82, 2.24) is 10.0 Å². The van der Waals surface area contributed by atoms with Gasteiger partial charge in [-0.05, 0) is 11.1 Å². The van der Waals surface area contributed by atoms with Crippen LogP contribution in [0.25, 0.3) is 0 Å². The molecule has 2 heterocycles. The average Bonchev–Trinajstić information content (AvgIpc) is 3.10. The Labute approximate surface area is 151 Å². The van der Waals surface area contributed by atoms with Crippen LogP contribution in [-0.4, -0.2) is 42.3 Å². The summed E-state index contributed by atoms with van der Waals surface area (Å²) in [6.45, 7) is 0.491. The van der Waals surface area contributed by atoms with Crippen molar-refractivity contribution < 1.29 is 19.1 Å². The minimum absolute atomic E-state index is 0.159. The molecule has 0 unspecified atom stereocenters. The molecule has 0 spiro atoms. The molecule has 6 nitrogen and oxygen atoms in total. The lowest BCUT2D eigenvalue weighted by Gasteiger charge is -2.42. The van der Waals surface area contributed by atoms with Crippen LogP contribution in [0.1, 0.15) is 23.2 Å². The molecule has 1 amide bonds. The highest BCUT2D eigenvalue weighted by molar-refractivity contribution is 5.77. The summed E-state index contributed by atoms with van der Waals surface area (Å²) in [5, 5.41) is 3.53. The van der Waals surface area contributed by atoms with Gasteiger partial charge in [0.15, 0.2) is 0 Å². The van der Waals surface area contributed by atoms with E-state index in [1.807, 2.05) is 65.7 Å². The molecule has 134 valence electrons. The molecule has 0 radical (unpaired) electrons. The third-order valence-electron chi connectivity index (χ3n) is 5.04. The molecular weight excluding hydrogens is 332 g/mol. The van der Waals surface area contributed by atoms with Gasteiger partial charge in [-0.1, -0.05) is 60.7 Å². The number of cyclic esters (lactones) is 1. The van der Waals surface area contributed by atoms with Crippen molar-refractivity contribution in [3.05, 3.63) is 71.8 Å². The van der Waals surface area contributed by atoms with E-state index in [1.165, 1.54) is 7.11 Å². The molecule has 0 bridgehead atoms. The molecule has 2 saturated heterocycles. The van der Waals surface area contributed by atoms with Crippen LogP contribution >= 0.6 is 0 Å². The molecule has 0 saturated carbocycles. The van der Waals surface area contributed by atoms with Crippen molar-refractivity contribution in [2.24, 2.45) is 5.92 Å². The summed E-state index contributed by atoms with van der Waals surface area (Å²) in [6.07, 6.45) is -0.426. The van der Waals surface area contributed by atoms with Crippen molar-refractivity contribution >= 4 is 12.1 Å². The Balaban J connectivity index is 1.80. The van der Waals surface area contributed by atoms with Gasteiger partial charge >= 0.3 is 12.1 Å². The number of esters is 1. The maximum absolute atomic E-state index is 12.5. The number of methoxy groups -OCH3 is 1. The second-order valence-corrected chi connectivity index (χ2v) is 6.45. The Morgan fingerprint density at radius 3 is 2.27 bits per heavy atom. The van der Waals surface area contributed by atoms with Crippen LogP contribution in [0.4, 0.5) is 4.79 Å². The van der Waals surface area contributed by atoms with Crippen LogP contribution in [0, 0.1) is 5.92 Å². The molecule has 0 N–H and O–H groups in total. The van der Waals surface area contributed by atoms with Crippen molar-refractivity contribution in [2.45, 2.75) is 12.1 Å². The van der Waals surface area contributed by atoms with Crippen LogP contribution in [0.3, 0.4) is 0 Å². The zero-order chi connectivity index (χ0) is 18.1. The summed E-state index contributed by atoms with van der Waals surface area (Å²) in [5.41, 5.74) is 2.01. The first-order valence-electron chi connectivity index (χ1n) is 8.61. The minimum atomic E-state index is -0.473. The maximum Gasteiger partial charge on any atom is 0.424 e. The lowest BCUT2D eigenvalue weighted by atomic mass is 9.92. The van der Waals surface area contributed by atoms with Gasteiger partial charge in [0.05, 0.1) is 31.7 Å². The molecule has 3 atom stereocenters. The van der Waals surface area contributed by atoms with E-state index in [-0.39, 0.29) is 31.2 Å². The molecule has 6 heteroatoms. The number of hydrogen-bond donors (Lipinski definition) is 0. The van der Waals surface area contributed by atoms with Gasteiger partial charge in [0, 0.05) is 0 Å². The number of hydrogen-bond acceptors (Lipinski definition) is 5. The Hall–Kier alpha value is -2.86. The van der Waals surface area contributed by atoms with Crippen molar-refractivity contribution in [3.63, 3.8) is 0 Å². The highest BCUT2D eigenvalue weighted by Gasteiger charge is 2.52. The molecule has 0 aromatic heterocycles. The first-order valence-corrected chi connectivity index (χ1v) is 8.61. The van der Waals surface area contributed by atoms with Crippen LogP contribution in [-0.2, 0) is 14.3 Å². The number of fused-ring (bicyclic) bond motifs is 1. The number of amides is 1. The van der Waals surface area contributed by atoms with E-state index < -0.39 is 12.0 Å². The quantitative estimate of drug-likeness (QED) is 0.795. The van der Waals surface area contributed by atoms with Gasteiger partial charge in [0.2, 0.25) is 0 Å². The topological polar surface area (TPSA) is 59.1 Å². The minimum Gasteiger partial charge on any atom is -0.469 e. The van der Waals surface area contributed by atoms with Gasteiger partial charge in [-0.3, -0.25) is 4.79 Å². The van der Waals surface area contributed by atoms with Crippen molar-refractivity contribution in [3.8, 4) is 0 Å². The predicted molar refractivity (Wildman–Crippen MR) is 93.8 cm³/mol. The van der Waals surface area contributed by atoms with Gasteiger partial charge in [0.1, 0.15) is 6.61 Å². The van der Waals surface area contributed by atoms with E-state index in [0.717, 1.165) is 11.1 Å². The van der Waals surface area contributed by atoms with Gasteiger partial charge in [-0.15, -0.1) is 0 Å². The van der Waals surface area contributed by atoms with E-state index in [0.29, 0.717) is 0 Å². The third-order valence-corrected chi connectivity index (χ3v) is 5.04. The fourth-order valence-corrected chi connectivity index (χ4v) is 3.86. The maximum atomic E-state index is 12.5. The number of nitrogens with zero attached hydrogens (tertiary/aromatic N) is 2. The molecule has 2 fully saturated rings. The lowest BCUT2D eigenvalue weighted by Crippen LogP contribution is -2.50. The fraction of sp³-hybridized carbons (Fsp3) is 0.300. The molecule has 4 rings (SSSR count). The zero-order valence-electron chi connectivity index (χ0n) is 14.4. The number of hydrazine groups is 1. The molecule has 2 aliphatic heterocycles. The normalized spacial score (nSPS) is 25.5. The molecule has 26 heavy (non-hydrogen) atoms.